The zero-order chi connectivity index (χ0) is 14.0. The van der Waals surface area contributed by atoms with Crippen molar-refractivity contribution in [3.8, 4) is 0 Å². The lowest BCUT2D eigenvalue weighted by molar-refractivity contribution is 0.109. The van der Waals surface area contributed by atoms with Crippen molar-refractivity contribution in [2.24, 2.45) is 13.0 Å². The summed E-state index contributed by atoms with van der Waals surface area (Å²) in [5, 5.41) is 8.14. The van der Waals surface area contributed by atoms with Gasteiger partial charge < -0.3 is 5.32 Å². The van der Waals surface area contributed by atoms with E-state index in [1.165, 1.54) is 12.1 Å². The molecule has 0 radical (unpaired) electrons. The summed E-state index contributed by atoms with van der Waals surface area (Å²) in [6.45, 7) is 12.2. The van der Waals surface area contributed by atoms with Crippen molar-refractivity contribution in [2.45, 2.75) is 52.7 Å². The van der Waals surface area contributed by atoms with E-state index in [2.05, 4.69) is 49.1 Å². The highest BCUT2D eigenvalue weighted by Gasteiger charge is 2.28. The standard InChI is InChI=1S/C15H28N4/c1-6-11(2)15-10-19(13(4)8-16-15)9-14-7-12(3)17-18(14)5/h7,11,13,15-16H,6,8-10H2,1-5H3. The molecule has 4 nitrogen and oxygen atoms in total. The van der Waals surface area contributed by atoms with Gasteiger partial charge in [0.2, 0.25) is 0 Å². The van der Waals surface area contributed by atoms with Crippen molar-refractivity contribution < 1.29 is 0 Å². The largest absolute Gasteiger partial charge is 0.311 e. The van der Waals surface area contributed by atoms with Gasteiger partial charge in [-0.1, -0.05) is 20.3 Å². The maximum Gasteiger partial charge on any atom is 0.0597 e. The van der Waals surface area contributed by atoms with E-state index < -0.39 is 0 Å². The van der Waals surface area contributed by atoms with Crippen molar-refractivity contribution in [3.05, 3.63) is 17.5 Å². The highest BCUT2D eigenvalue weighted by molar-refractivity contribution is 5.09. The average molecular weight is 264 g/mol. The third-order valence-corrected chi connectivity index (χ3v) is 4.52. The molecule has 2 heterocycles. The number of nitrogens with one attached hydrogen (secondary N) is 1. The van der Waals surface area contributed by atoms with E-state index in [1.54, 1.807) is 0 Å². The fourth-order valence-corrected chi connectivity index (χ4v) is 2.85. The maximum absolute atomic E-state index is 4.45. The van der Waals surface area contributed by atoms with E-state index in [0.29, 0.717) is 12.1 Å². The Morgan fingerprint density at radius 2 is 2.26 bits per heavy atom. The lowest BCUT2D eigenvalue weighted by atomic mass is 9.95. The van der Waals surface area contributed by atoms with Crippen molar-refractivity contribution in [1.82, 2.24) is 20.0 Å². The van der Waals surface area contributed by atoms with Crippen LogP contribution in [-0.4, -0.2) is 39.9 Å². The molecule has 0 spiro atoms. The molecule has 3 atom stereocenters. The SMILES string of the molecule is CCC(C)C1CN(Cc2cc(C)nn2C)C(C)CN1. The van der Waals surface area contributed by atoms with Crippen LogP contribution in [0.2, 0.25) is 0 Å². The zero-order valence-electron chi connectivity index (χ0n) is 13.0. The molecule has 1 saturated heterocycles. The molecular formula is C15H28N4. The Morgan fingerprint density at radius 1 is 1.53 bits per heavy atom. The van der Waals surface area contributed by atoms with Gasteiger partial charge in [-0.3, -0.25) is 9.58 Å². The fourth-order valence-electron chi connectivity index (χ4n) is 2.85. The first-order chi connectivity index (χ1) is 9.01. The van der Waals surface area contributed by atoms with E-state index in [1.807, 2.05) is 11.7 Å². The number of hydrogen-bond acceptors (Lipinski definition) is 3. The molecule has 1 aliphatic heterocycles. The van der Waals surface area contributed by atoms with E-state index in [4.69, 9.17) is 0 Å². The van der Waals surface area contributed by atoms with Crippen LogP contribution in [0.25, 0.3) is 0 Å². The van der Waals surface area contributed by atoms with Crippen molar-refractivity contribution in [3.63, 3.8) is 0 Å². The summed E-state index contributed by atoms with van der Waals surface area (Å²) in [6.07, 6.45) is 1.24. The Balaban J connectivity index is 2.03. The quantitative estimate of drug-likeness (QED) is 0.902. The van der Waals surface area contributed by atoms with Crippen molar-refractivity contribution in [2.75, 3.05) is 13.1 Å². The minimum absolute atomic E-state index is 0.593. The molecule has 0 aliphatic carbocycles. The van der Waals surface area contributed by atoms with E-state index in [9.17, 15) is 0 Å². The summed E-state index contributed by atoms with van der Waals surface area (Å²) in [6, 6.07) is 3.42. The Kier molecular flexibility index (Phi) is 4.63. The molecule has 1 aromatic rings. The van der Waals surface area contributed by atoms with Crippen LogP contribution in [0.4, 0.5) is 0 Å². The minimum atomic E-state index is 0.593. The van der Waals surface area contributed by atoms with Crippen LogP contribution in [0, 0.1) is 12.8 Å². The molecule has 108 valence electrons. The third-order valence-electron chi connectivity index (χ3n) is 4.52. The zero-order valence-corrected chi connectivity index (χ0v) is 13.0. The highest BCUT2D eigenvalue weighted by Crippen LogP contribution is 2.18. The van der Waals surface area contributed by atoms with Gasteiger partial charge in [-0.25, -0.2) is 0 Å². The summed E-state index contributed by atoms with van der Waals surface area (Å²) < 4.78 is 2.02. The van der Waals surface area contributed by atoms with Crippen LogP contribution >= 0.6 is 0 Å². The number of hydrogen-bond donors (Lipinski definition) is 1. The van der Waals surface area contributed by atoms with Crippen LogP contribution in [0.1, 0.15) is 38.6 Å². The second-order valence-corrected chi connectivity index (χ2v) is 6.08. The van der Waals surface area contributed by atoms with Crippen molar-refractivity contribution in [1.29, 1.82) is 0 Å². The second-order valence-electron chi connectivity index (χ2n) is 6.08. The predicted molar refractivity (Wildman–Crippen MR) is 79.1 cm³/mol. The minimum Gasteiger partial charge on any atom is -0.311 e. The van der Waals surface area contributed by atoms with Gasteiger partial charge in [0.1, 0.15) is 0 Å². The molecule has 0 bridgehead atoms. The molecule has 19 heavy (non-hydrogen) atoms. The van der Waals surface area contributed by atoms with Crippen LogP contribution in [0.15, 0.2) is 6.07 Å². The van der Waals surface area contributed by atoms with Gasteiger partial charge in [0.25, 0.3) is 0 Å². The molecule has 2 rings (SSSR count). The van der Waals surface area contributed by atoms with Gasteiger partial charge in [-0.05, 0) is 25.8 Å². The Hall–Kier alpha value is -0.870. The smallest absolute Gasteiger partial charge is 0.0597 e. The Labute approximate surface area is 117 Å². The fraction of sp³-hybridized carbons (Fsp3) is 0.800. The van der Waals surface area contributed by atoms with Gasteiger partial charge in [-0.2, -0.15) is 5.10 Å². The normalized spacial score (nSPS) is 26.6. The molecule has 3 unspecified atom stereocenters. The van der Waals surface area contributed by atoms with Gasteiger partial charge in [0, 0.05) is 38.8 Å². The lowest BCUT2D eigenvalue weighted by Gasteiger charge is -2.40. The van der Waals surface area contributed by atoms with Gasteiger partial charge in [0.15, 0.2) is 0 Å². The molecular weight excluding hydrogens is 236 g/mol. The first kappa shape index (κ1) is 14.5. The molecule has 1 aromatic heterocycles. The Morgan fingerprint density at radius 3 is 2.84 bits per heavy atom. The Bertz CT molecular complexity index is 412. The number of aromatic nitrogens is 2. The summed E-state index contributed by atoms with van der Waals surface area (Å²) >= 11 is 0. The van der Waals surface area contributed by atoms with Crippen molar-refractivity contribution >= 4 is 0 Å². The summed E-state index contributed by atoms with van der Waals surface area (Å²) in [4.78, 5) is 2.59. The predicted octanol–water partition coefficient (Wildman–Crippen LogP) is 1.94. The van der Waals surface area contributed by atoms with Gasteiger partial charge in [0.05, 0.1) is 11.4 Å². The maximum atomic E-state index is 4.45. The molecule has 1 N–H and O–H groups in total. The molecule has 0 saturated carbocycles. The summed E-state index contributed by atoms with van der Waals surface area (Å²) in [5.41, 5.74) is 2.42. The van der Waals surface area contributed by atoms with Crippen LogP contribution in [-0.2, 0) is 13.6 Å². The highest BCUT2D eigenvalue weighted by atomic mass is 15.3. The number of rotatable bonds is 4. The molecule has 1 aliphatic rings. The molecule has 1 fully saturated rings. The lowest BCUT2D eigenvalue weighted by Crippen LogP contribution is -2.57. The van der Waals surface area contributed by atoms with Crippen LogP contribution in [0.3, 0.4) is 0 Å². The van der Waals surface area contributed by atoms with E-state index >= 15 is 0 Å². The van der Waals surface area contributed by atoms with Gasteiger partial charge >= 0.3 is 0 Å². The van der Waals surface area contributed by atoms with Crippen LogP contribution in [0.5, 0.6) is 0 Å². The number of aryl methyl sites for hydroxylation is 2. The summed E-state index contributed by atoms with van der Waals surface area (Å²) in [5.74, 6) is 0.739. The monoisotopic (exact) mass is 264 g/mol. The second kappa shape index (κ2) is 6.06. The van der Waals surface area contributed by atoms with Gasteiger partial charge in [-0.15, -0.1) is 0 Å². The number of piperazine rings is 1. The first-order valence-corrected chi connectivity index (χ1v) is 7.48. The topological polar surface area (TPSA) is 33.1 Å². The molecule has 4 heteroatoms. The average Bonchev–Trinajstić information content (AvgIpc) is 2.69. The summed E-state index contributed by atoms with van der Waals surface area (Å²) in [7, 11) is 2.04. The number of nitrogens with zero attached hydrogens (tertiary/aromatic N) is 3. The first-order valence-electron chi connectivity index (χ1n) is 7.48. The van der Waals surface area contributed by atoms with E-state index in [-0.39, 0.29) is 0 Å². The molecule has 0 amide bonds. The molecule has 0 aromatic carbocycles. The van der Waals surface area contributed by atoms with E-state index in [0.717, 1.165) is 31.2 Å². The van der Waals surface area contributed by atoms with Crippen LogP contribution < -0.4 is 5.32 Å². The third kappa shape index (κ3) is 3.37.